The number of benzene rings is 1. The van der Waals surface area contributed by atoms with Gasteiger partial charge in [-0.2, -0.15) is 0 Å². The topological polar surface area (TPSA) is 86.2 Å². The Morgan fingerprint density at radius 3 is 2.55 bits per heavy atom. The minimum Gasteiger partial charge on any atom is -0.422 e. The predicted molar refractivity (Wildman–Crippen MR) is 83.9 cm³/mol. The molecule has 116 valence electrons. The van der Waals surface area contributed by atoms with Crippen LogP contribution in [-0.4, -0.2) is 30.1 Å². The van der Waals surface area contributed by atoms with E-state index in [1.54, 1.807) is 24.3 Å². The first-order valence-corrected chi connectivity index (χ1v) is 8.89. The SMILES string of the molecule is CCS(=O)(=O)c1ncc(Cl)c(C(=O)Oc2ccc(Br)cc2)n1. The van der Waals surface area contributed by atoms with Crippen LogP contribution in [0.15, 0.2) is 40.1 Å². The van der Waals surface area contributed by atoms with Crippen LogP contribution in [0.4, 0.5) is 0 Å². The predicted octanol–water partition coefficient (Wildman–Crippen LogP) is 2.91. The molecule has 0 radical (unpaired) electrons. The van der Waals surface area contributed by atoms with E-state index < -0.39 is 21.0 Å². The van der Waals surface area contributed by atoms with Gasteiger partial charge in [0.05, 0.1) is 17.0 Å². The number of hydrogen-bond donors (Lipinski definition) is 0. The lowest BCUT2D eigenvalue weighted by atomic mass is 10.3. The Morgan fingerprint density at radius 2 is 1.95 bits per heavy atom. The van der Waals surface area contributed by atoms with Gasteiger partial charge < -0.3 is 4.74 Å². The number of carbonyl (C=O) groups excluding carboxylic acids is 1. The third-order valence-corrected chi connectivity index (χ3v) is 4.92. The van der Waals surface area contributed by atoms with E-state index in [2.05, 4.69) is 25.9 Å². The molecule has 0 aliphatic carbocycles. The van der Waals surface area contributed by atoms with Gasteiger partial charge in [0.1, 0.15) is 5.75 Å². The molecule has 0 N–H and O–H groups in total. The summed E-state index contributed by atoms with van der Waals surface area (Å²) in [5.41, 5.74) is -0.299. The van der Waals surface area contributed by atoms with Crippen LogP contribution in [0.25, 0.3) is 0 Å². The molecule has 0 atom stereocenters. The zero-order chi connectivity index (χ0) is 16.3. The lowest BCUT2D eigenvalue weighted by Crippen LogP contribution is -2.16. The van der Waals surface area contributed by atoms with E-state index in [4.69, 9.17) is 16.3 Å². The maximum atomic E-state index is 12.1. The molecular formula is C13H10BrClN2O4S. The van der Waals surface area contributed by atoms with E-state index in [0.717, 1.165) is 10.7 Å². The molecular weight excluding hydrogens is 396 g/mol. The molecule has 0 saturated carbocycles. The second kappa shape index (κ2) is 6.72. The van der Waals surface area contributed by atoms with Crippen molar-refractivity contribution in [2.75, 3.05) is 5.75 Å². The minimum atomic E-state index is -3.64. The smallest absolute Gasteiger partial charge is 0.364 e. The zero-order valence-corrected chi connectivity index (χ0v) is 14.4. The number of halogens is 2. The molecule has 0 saturated heterocycles. The Morgan fingerprint density at radius 1 is 1.32 bits per heavy atom. The minimum absolute atomic E-state index is 0.0860. The Kier molecular flexibility index (Phi) is 5.15. The highest BCUT2D eigenvalue weighted by Gasteiger charge is 2.22. The maximum Gasteiger partial charge on any atom is 0.364 e. The quantitative estimate of drug-likeness (QED) is 0.442. The van der Waals surface area contributed by atoms with Gasteiger partial charge in [0, 0.05) is 4.47 Å². The van der Waals surface area contributed by atoms with Crippen LogP contribution >= 0.6 is 27.5 Å². The van der Waals surface area contributed by atoms with Crippen LogP contribution < -0.4 is 4.74 Å². The zero-order valence-electron chi connectivity index (χ0n) is 11.3. The van der Waals surface area contributed by atoms with Crippen molar-refractivity contribution in [1.82, 2.24) is 9.97 Å². The van der Waals surface area contributed by atoms with Crippen LogP contribution in [0.2, 0.25) is 5.02 Å². The molecule has 22 heavy (non-hydrogen) atoms. The molecule has 1 aromatic carbocycles. The van der Waals surface area contributed by atoms with Gasteiger partial charge in [-0.3, -0.25) is 0 Å². The van der Waals surface area contributed by atoms with Crippen molar-refractivity contribution in [3.63, 3.8) is 0 Å². The molecule has 1 aromatic heterocycles. The maximum absolute atomic E-state index is 12.1. The molecule has 0 fully saturated rings. The molecule has 0 bridgehead atoms. The number of ether oxygens (including phenoxy) is 1. The fraction of sp³-hybridized carbons (Fsp3) is 0.154. The van der Waals surface area contributed by atoms with Gasteiger partial charge in [-0.05, 0) is 24.3 Å². The summed E-state index contributed by atoms with van der Waals surface area (Å²) in [5.74, 6) is -0.763. The Hall–Kier alpha value is -1.51. The lowest BCUT2D eigenvalue weighted by Gasteiger charge is -2.06. The summed E-state index contributed by atoms with van der Waals surface area (Å²) >= 11 is 9.11. The van der Waals surface area contributed by atoms with E-state index in [0.29, 0.717) is 0 Å². The first kappa shape index (κ1) is 16.9. The summed E-state index contributed by atoms with van der Waals surface area (Å²) in [5, 5.41) is -0.542. The van der Waals surface area contributed by atoms with Gasteiger partial charge in [-0.25, -0.2) is 23.2 Å². The van der Waals surface area contributed by atoms with Gasteiger partial charge in [0.25, 0.3) is 0 Å². The molecule has 0 spiro atoms. The number of esters is 1. The first-order valence-electron chi connectivity index (χ1n) is 6.06. The average molecular weight is 406 g/mol. The number of carbonyl (C=O) groups is 1. The average Bonchev–Trinajstić information content (AvgIpc) is 2.49. The van der Waals surface area contributed by atoms with E-state index in [9.17, 15) is 13.2 Å². The van der Waals surface area contributed by atoms with Crippen molar-refractivity contribution in [3.05, 3.63) is 45.7 Å². The van der Waals surface area contributed by atoms with Crippen molar-refractivity contribution in [3.8, 4) is 5.75 Å². The monoisotopic (exact) mass is 404 g/mol. The Balaban J connectivity index is 2.33. The summed E-state index contributed by atoms with van der Waals surface area (Å²) in [6.45, 7) is 1.45. The van der Waals surface area contributed by atoms with E-state index >= 15 is 0 Å². The molecule has 1 heterocycles. The van der Waals surface area contributed by atoms with Gasteiger partial charge in [-0.15, -0.1) is 0 Å². The molecule has 0 aliphatic rings. The number of rotatable bonds is 4. The van der Waals surface area contributed by atoms with Gasteiger partial charge in [0.15, 0.2) is 5.69 Å². The second-order valence-corrected chi connectivity index (χ2v) is 7.59. The molecule has 6 nitrogen and oxygen atoms in total. The van der Waals surface area contributed by atoms with E-state index in [1.165, 1.54) is 6.92 Å². The molecule has 9 heteroatoms. The van der Waals surface area contributed by atoms with Gasteiger partial charge >= 0.3 is 5.97 Å². The summed E-state index contributed by atoms with van der Waals surface area (Å²) in [6, 6.07) is 6.52. The first-order chi connectivity index (χ1) is 10.3. The van der Waals surface area contributed by atoms with Crippen molar-refractivity contribution >= 4 is 43.3 Å². The van der Waals surface area contributed by atoms with Gasteiger partial charge in [-0.1, -0.05) is 34.5 Å². The second-order valence-electron chi connectivity index (χ2n) is 4.10. The van der Waals surface area contributed by atoms with Crippen LogP contribution in [-0.2, 0) is 9.84 Å². The third-order valence-electron chi connectivity index (χ3n) is 2.60. The Labute approximate surface area is 140 Å². The molecule has 0 amide bonds. The van der Waals surface area contributed by atoms with Crippen LogP contribution in [0, 0.1) is 0 Å². The highest BCUT2D eigenvalue weighted by atomic mass is 79.9. The summed E-state index contributed by atoms with van der Waals surface area (Å²) < 4.78 is 29.4. The highest BCUT2D eigenvalue weighted by molar-refractivity contribution is 9.10. The highest BCUT2D eigenvalue weighted by Crippen LogP contribution is 2.20. The normalized spacial score (nSPS) is 11.2. The lowest BCUT2D eigenvalue weighted by molar-refractivity contribution is 0.0727. The molecule has 0 aliphatic heterocycles. The third kappa shape index (κ3) is 3.82. The van der Waals surface area contributed by atoms with Crippen molar-refractivity contribution in [2.45, 2.75) is 12.1 Å². The largest absolute Gasteiger partial charge is 0.422 e. The molecule has 0 unspecified atom stereocenters. The number of sulfone groups is 1. The van der Waals surface area contributed by atoms with E-state index in [1.807, 2.05) is 0 Å². The summed E-state index contributed by atoms with van der Waals surface area (Å²) in [4.78, 5) is 19.4. The fourth-order valence-electron chi connectivity index (χ4n) is 1.43. The van der Waals surface area contributed by atoms with Crippen LogP contribution in [0.1, 0.15) is 17.4 Å². The summed E-state index contributed by atoms with van der Waals surface area (Å²) in [7, 11) is -3.64. The fourth-order valence-corrected chi connectivity index (χ4v) is 2.57. The van der Waals surface area contributed by atoms with Crippen molar-refractivity contribution in [2.24, 2.45) is 0 Å². The standard InChI is InChI=1S/C13H10BrClN2O4S/c1-2-22(19,20)13-16-7-10(15)11(17-13)12(18)21-9-5-3-8(14)4-6-9/h3-7H,2H2,1H3. The number of nitrogens with zero attached hydrogens (tertiary/aromatic N) is 2. The van der Waals surface area contributed by atoms with Crippen molar-refractivity contribution in [1.29, 1.82) is 0 Å². The van der Waals surface area contributed by atoms with Crippen LogP contribution in [0.5, 0.6) is 5.75 Å². The summed E-state index contributed by atoms with van der Waals surface area (Å²) in [6.07, 6.45) is 1.06. The van der Waals surface area contributed by atoms with E-state index in [-0.39, 0.29) is 22.2 Å². The number of aromatic nitrogens is 2. The number of hydrogen-bond acceptors (Lipinski definition) is 6. The van der Waals surface area contributed by atoms with Gasteiger partial charge in [0.2, 0.25) is 15.0 Å². The van der Waals surface area contributed by atoms with Crippen LogP contribution in [0.3, 0.4) is 0 Å². The molecule has 2 aromatic rings. The molecule has 2 rings (SSSR count). The van der Waals surface area contributed by atoms with Crippen molar-refractivity contribution < 1.29 is 17.9 Å². The Bertz CT molecular complexity index is 809.